The largest absolute Gasteiger partial charge is 0.497 e. The van der Waals surface area contributed by atoms with Crippen molar-refractivity contribution in [2.45, 2.75) is 6.92 Å². The average molecular weight is 356 g/mol. The molecule has 3 aromatic rings. The summed E-state index contributed by atoms with van der Waals surface area (Å²) in [5.41, 5.74) is 5.70. The summed E-state index contributed by atoms with van der Waals surface area (Å²) in [6.07, 6.45) is 1.53. The number of hydrazone groups is 1. The van der Waals surface area contributed by atoms with Crippen molar-refractivity contribution in [3.8, 4) is 5.75 Å². The van der Waals surface area contributed by atoms with Gasteiger partial charge in [0.05, 0.1) is 18.9 Å². The normalized spacial score (nSPS) is 11.2. The number of amides is 1. The lowest BCUT2D eigenvalue weighted by Gasteiger charge is -2.02. The summed E-state index contributed by atoms with van der Waals surface area (Å²) in [4.78, 5) is 12.7. The number of ether oxygens (including phenoxy) is 1. The maximum absolute atomic E-state index is 12.7. The second-order valence-corrected chi connectivity index (χ2v) is 6.03. The molecule has 0 aliphatic carbocycles. The van der Waals surface area contributed by atoms with Gasteiger partial charge in [-0.2, -0.15) is 5.10 Å². The van der Waals surface area contributed by atoms with Crippen LogP contribution in [0.25, 0.3) is 10.9 Å². The van der Waals surface area contributed by atoms with Crippen LogP contribution in [0.1, 0.15) is 21.6 Å². The Labute approximate surface area is 150 Å². The molecule has 0 spiro atoms. The molecule has 25 heavy (non-hydrogen) atoms. The Balaban J connectivity index is 1.92. The number of nitrogens with one attached hydrogen (secondary N) is 1. The van der Waals surface area contributed by atoms with Crippen LogP contribution in [0.3, 0.4) is 0 Å². The van der Waals surface area contributed by atoms with Crippen molar-refractivity contribution in [3.63, 3.8) is 0 Å². The van der Waals surface area contributed by atoms with Crippen molar-refractivity contribution >= 4 is 34.6 Å². The first kappa shape index (κ1) is 17.0. The van der Waals surface area contributed by atoms with E-state index in [1.165, 1.54) is 6.21 Å². The number of halogens is 1. The topological polar surface area (TPSA) is 55.6 Å². The van der Waals surface area contributed by atoms with Gasteiger partial charge in [0, 0.05) is 34.2 Å². The summed E-state index contributed by atoms with van der Waals surface area (Å²) in [6, 6.07) is 13.0. The number of rotatable bonds is 4. The molecule has 0 radical (unpaired) electrons. The lowest BCUT2D eigenvalue weighted by atomic mass is 10.1. The molecule has 6 heteroatoms. The number of aryl methyl sites for hydroxylation is 1. The zero-order chi connectivity index (χ0) is 18.0. The van der Waals surface area contributed by atoms with E-state index in [0.29, 0.717) is 16.3 Å². The predicted molar refractivity (Wildman–Crippen MR) is 101 cm³/mol. The van der Waals surface area contributed by atoms with Gasteiger partial charge >= 0.3 is 0 Å². The third-order valence-corrected chi connectivity index (χ3v) is 4.55. The molecule has 128 valence electrons. The molecule has 2 aromatic carbocycles. The number of carbonyl (C=O) groups excluding carboxylic acids is 1. The third-order valence-electron chi connectivity index (χ3n) is 4.20. The minimum atomic E-state index is -0.278. The van der Waals surface area contributed by atoms with Gasteiger partial charge in [0.2, 0.25) is 0 Å². The number of benzene rings is 2. The maximum Gasteiger partial charge on any atom is 0.273 e. The van der Waals surface area contributed by atoms with E-state index in [0.717, 1.165) is 22.2 Å². The highest BCUT2D eigenvalue weighted by Crippen LogP contribution is 2.28. The molecule has 1 heterocycles. The highest BCUT2D eigenvalue weighted by Gasteiger charge is 2.18. The number of methoxy groups -OCH3 is 1. The quantitative estimate of drug-likeness (QED) is 0.569. The van der Waals surface area contributed by atoms with Gasteiger partial charge in [-0.1, -0.05) is 29.8 Å². The van der Waals surface area contributed by atoms with E-state index >= 15 is 0 Å². The molecule has 0 bridgehead atoms. The number of hydrogen-bond acceptors (Lipinski definition) is 3. The van der Waals surface area contributed by atoms with Gasteiger partial charge in [0.1, 0.15) is 5.75 Å². The summed E-state index contributed by atoms with van der Waals surface area (Å²) in [6.45, 7) is 1.90. The Morgan fingerprint density at radius 1 is 1.28 bits per heavy atom. The monoisotopic (exact) mass is 355 g/mol. The molecule has 1 aromatic heterocycles. The van der Waals surface area contributed by atoms with Crippen LogP contribution in [0, 0.1) is 6.92 Å². The molecule has 3 rings (SSSR count). The molecular weight excluding hydrogens is 338 g/mol. The van der Waals surface area contributed by atoms with Crippen LogP contribution in [0.2, 0.25) is 5.02 Å². The Hall–Kier alpha value is -2.79. The van der Waals surface area contributed by atoms with Crippen LogP contribution in [0.4, 0.5) is 0 Å². The molecular formula is C19H18ClN3O2. The van der Waals surface area contributed by atoms with Crippen LogP contribution in [-0.2, 0) is 7.05 Å². The molecule has 0 aliphatic heterocycles. The van der Waals surface area contributed by atoms with Gasteiger partial charge in [-0.25, -0.2) is 5.43 Å². The Kier molecular flexibility index (Phi) is 4.76. The van der Waals surface area contributed by atoms with E-state index in [4.69, 9.17) is 16.3 Å². The van der Waals surface area contributed by atoms with Crippen molar-refractivity contribution < 1.29 is 9.53 Å². The molecule has 1 N–H and O–H groups in total. The number of carbonyl (C=O) groups is 1. The second kappa shape index (κ2) is 6.99. The zero-order valence-electron chi connectivity index (χ0n) is 14.2. The molecule has 0 unspecified atom stereocenters. The van der Waals surface area contributed by atoms with Crippen molar-refractivity contribution in [1.82, 2.24) is 9.99 Å². The highest BCUT2D eigenvalue weighted by molar-refractivity contribution is 6.33. The standard InChI is InChI=1S/C19H18ClN3O2/c1-12-18(15-10-14(25-3)8-9-17(15)23(12)2)19(24)22-21-11-13-6-4-5-7-16(13)20/h4-11H,1-3H3,(H,22,24)/b21-11+. The van der Waals surface area contributed by atoms with Gasteiger partial charge in [-0.15, -0.1) is 0 Å². The first-order valence-electron chi connectivity index (χ1n) is 7.74. The van der Waals surface area contributed by atoms with Crippen molar-refractivity contribution in [2.24, 2.45) is 12.1 Å². The van der Waals surface area contributed by atoms with Crippen LogP contribution < -0.4 is 10.2 Å². The summed E-state index contributed by atoms with van der Waals surface area (Å²) >= 11 is 6.08. The van der Waals surface area contributed by atoms with Crippen LogP contribution in [0.15, 0.2) is 47.6 Å². The number of fused-ring (bicyclic) bond motifs is 1. The van der Waals surface area contributed by atoms with E-state index in [1.807, 2.05) is 54.9 Å². The summed E-state index contributed by atoms with van der Waals surface area (Å²) in [5.74, 6) is 0.423. The molecule has 5 nitrogen and oxygen atoms in total. The van der Waals surface area contributed by atoms with Gasteiger partial charge in [-0.05, 0) is 31.2 Å². The van der Waals surface area contributed by atoms with E-state index in [-0.39, 0.29) is 5.91 Å². The predicted octanol–water partition coefficient (Wildman–Crippen LogP) is 3.91. The van der Waals surface area contributed by atoms with Gasteiger partial charge < -0.3 is 9.30 Å². The van der Waals surface area contributed by atoms with E-state index in [9.17, 15) is 4.79 Å². The van der Waals surface area contributed by atoms with Gasteiger partial charge in [-0.3, -0.25) is 4.79 Å². The SMILES string of the molecule is COc1ccc2c(c1)c(C(=O)N/N=C/c1ccccc1Cl)c(C)n2C. The molecule has 1 amide bonds. The summed E-state index contributed by atoms with van der Waals surface area (Å²) in [5, 5.41) is 5.43. The fourth-order valence-electron chi connectivity index (χ4n) is 2.76. The third kappa shape index (κ3) is 3.23. The summed E-state index contributed by atoms with van der Waals surface area (Å²) < 4.78 is 7.25. The first-order valence-corrected chi connectivity index (χ1v) is 8.11. The van der Waals surface area contributed by atoms with E-state index < -0.39 is 0 Å². The maximum atomic E-state index is 12.7. The van der Waals surface area contributed by atoms with Gasteiger partial charge in [0.15, 0.2) is 0 Å². The molecule has 0 aliphatic rings. The van der Waals surface area contributed by atoms with Crippen LogP contribution in [-0.4, -0.2) is 23.8 Å². The number of aromatic nitrogens is 1. The van der Waals surface area contributed by atoms with Crippen molar-refractivity contribution in [2.75, 3.05) is 7.11 Å². The average Bonchev–Trinajstić information content (AvgIpc) is 2.87. The lowest BCUT2D eigenvalue weighted by molar-refractivity contribution is 0.0956. The molecule has 0 saturated heterocycles. The van der Waals surface area contributed by atoms with Crippen LogP contribution >= 0.6 is 11.6 Å². The van der Waals surface area contributed by atoms with Crippen molar-refractivity contribution in [1.29, 1.82) is 0 Å². The Bertz CT molecular complexity index is 976. The molecule has 0 saturated carbocycles. The highest BCUT2D eigenvalue weighted by atomic mass is 35.5. The minimum absolute atomic E-state index is 0.278. The van der Waals surface area contributed by atoms with E-state index in [1.54, 1.807) is 13.2 Å². The minimum Gasteiger partial charge on any atom is -0.497 e. The van der Waals surface area contributed by atoms with Crippen molar-refractivity contribution in [3.05, 3.63) is 64.3 Å². The lowest BCUT2D eigenvalue weighted by Crippen LogP contribution is -2.18. The fourth-order valence-corrected chi connectivity index (χ4v) is 2.95. The second-order valence-electron chi connectivity index (χ2n) is 5.62. The Morgan fingerprint density at radius 2 is 2.04 bits per heavy atom. The summed E-state index contributed by atoms with van der Waals surface area (Å²) in [7, 11) is 3.53. The molecule has 0 atom stereocenters. The number of nitrogens with zero attached hydrogens (tertiary/aromatic N) is 2. The fraction of sp³-hybridized carbons (Fsp3) is 0.158. The smallest absolute Gasteiger partial charge is 0.273 e. The van der Waals surface area contributed by atoms with Gasteiger partial charge in [0.25, 0.3) is 5.91 Å². The zero-order valence-corrected chi connectivity index (χ0v) is 15.0. The van der Waals surface area contributed by atoms with Crippen LogP contribution in [0.5, 0.6) is 5.75 Å². The Morgan fingerprint density at radius 3 is 2.76 bits per heavy atom. The van der Waals surface area contributed by atoms with E-state index in [2.05, 4.69) is 10.5 Å². The number of hydrogen-bond donors (Lipinski definition) is 1. The first-order chi connectivity index (χ1) is 12.0. The molecule has 0 fully saturated rings.